The molecule has 1 aromatic rings. The molecule has 0 saturated carbocycles. The number of esters is 1. The van der Waals surface area contributed by atoms with Gasteiger partial charge < -0.3 is 4.74 Å². The highest BCUT2D eigenvalue weighted by molar-refractivity contribution is 7.65. The highest BCUT2D eigenvalue weighted by Crippen LogP contribution is 2.25. The summed E-state index contributed by atoms with van der Waals surface area (Å²) in [7, 11) is 0. The Morgan fingerprint density at radius 2 is 2.21 bits per heavy atom. The van der Waals surface area contributed by atoms with E-state index in [2.05, 4.69) is 0 Å². The van der Waals surface area contributed by atoms with Crippen LogP contribution in [0.25, 0.3) is 0 Å². The summed E-state index contributed by atoms with van der Waals surface area (Å²) in [5.74, 6) is -0.456. The van der Waals surface area contributed by atoms with Crippen LogP contribution >= 0.6 is 44.6 Å². The molecular weight excluding hydrogens is 283 g/mol. The Morgan fingerprint density at radius 3 is 2.71 bits per heavy atom. The lowest BCUT2D eigenvalue weighted by Crippen LogP contribution is -2.17. The maximum Gasteiger partial charge on any atom is 0.352 e. The van der Waals surface area contributed by atoms with Crippen molar-refractivity contribution in [1.82, 2.24) is 0 Å². The predicted octanol–water partition coefficient (Wildman–Crippen LogP) is 3.45. The van der Waals surface area contributed by atoms with Crippen molar-refractivity contribution < 1.29 is 9.53 Å². The molecule has 0 aliphatic rings. The van der Waals surface area contributed by atoms with Crippen molar-refractivity contribution in [3.63, 3.8) is 0 Å². The summed E-state index contributed by atoms with van der Waals surface area (Å²) in [5.41, 5.74) is 0.953. The van der Waals surface area contributed by atoms with Crippen LogP contribution in [0, 0.1) is 0 Å². The summed E-state index contributed by atoms with van der Waals surface area (Å²) in [6, 6.07) is -1.11. The van der Waals surface area contributed by atoms with Gasteiger partial charge in [-0.2, -0.15) is 11.3 Å². The fourth-order valence-corrected chi connectivity index (χ4v) is 2.82. The second kappa shape index (κ2) is 5.37. The average molecular weight is 290 g/mol. The van der Waals surface area contributed by atoms with E-state index >= 15 is 0 Å². The van der Waals surface area contributed by atoms with E-state index in [4.69, 9.17) is 38.0 Å². The maximum absolute atomic E-state index is 11.1. The predicted molar refractivity (Wildman–Crippen MR) is 62.2 cm³/mol. The summed E-state index contributed by atoms with van der Waals surface area (Å²) < 4.78 is 4.91. The first-order chi connectivity index (χ1) is 6.47. The Bertz CT molecular complexity index is 296. The number of hydrogen-bond acceptors (Lipinski definition) is 3. The van der Waals surface area contributed by atoms with Crippen molar-refractivity contribution in [2.75, 3.05) is 0 Å². The van der Waals surface area contributed by atoms with Crippen LogP contribution in [-0.4, -0.2) is 12.0 Å². The second-order valence-corrected chi connectivity index (χ2v) is 12.5. The summed E-state index contributed by atoms with van der Waals surface area (Å²) >= 11 is 18.2. The summed E-state index contributed by atoms with van der Waals surface area (Å²) in [6.45, 7) is 0.248. The van der Waals surface area contributed by atoms with Crippen LogP contribution in [-0.2, 0) is 16.1 Å². The van der Waals surface area contributed by atoms with Gasteiger partial charge in [-0.3, -0.25) is 4.79 Å². The lowest BCUT2D eigenvalue weighted by Gasteiger charge is -2.07. The minimum absolute atomic E-state index is 0.0954. The Kier molecular flexibility index (Phi) is 4.73. The third-order valence-corrected chi connectivity index (χ3v) is 3.95. The Balaban J connectivity index is 2.29. The van der Waals surface area contributed by atoms with Crippen LogP contribution in [0.2, 0.25) is 6.04 Å². The third kappa shape index (κ3) is 5.22. The van der Waals surface area contributed by atoms with Crippen LogP contribution in [0.1, 0.15) is 5.56 Å². The minimum atomic E-state index is -2.90. The van der Waals surface area contributed by atoms with Gasteiger partial charge in [0.15, 0.2) is 0 Å². The van der Waals surface area contributed by atoms with E-state index in [1.54, 1.807) is 11.3 Å². The molecule has 0 atom stereocenters. The molecule has 78 valence electrons. The van der Waals surface area contributed by atoms with E-state index in [0.717, 1.165) is 5.56 Å². The molecule has 0 amide bonds. The molecule has 0 saturated heterocycles. The van der Waals surface area contributed by atoms with Crippen molar-refractivity contribution in [2.24, 2.45) is 0 Å². The lowest BCUT2D eigenvalue weighted by atomic mass is 10.4. The first kappa shape index (κ1) is 12.3. The van der Waals surface area contributed by atoms with Crippen LogP contribution in [0.3, 0.4) is 0 Å². The van der Waals surface area contributed by atoms with Gasteiger partial charge in [0.25, 0.3) is 0 Å². The van der Waals surface area contributed by atoms with Crippen molar-refractivity contribution >= 4 is 56.5 Å². The Morgan fingerprint density at radius 1 is 1.50 bits per heavy atom. The fraction of sp³-hybridized carbons (Fsp3) is 0.286. The molecule has 0 aromatic carbocycles. The topological polar surface area (TPSA) is 26.3 Å². The SMILES string of the molecule is O=C(C[Si](Cl)(Cl)Cl)OCc1ccsc1. The number of halogens is 3. The molecule has 0 bridgehead atoms. The standard InChI is InChI=1S/C7H7Cl3O2SSi/c8-14(9,10)5-7(11)12-3-6-1-2-13-4-6/h1-2,4H,3,5H2. The minimum Gasteiger partial charge on any atom is -0.461 e. The zero-order chi connectivity index (χ0) is 10.6. The van der Waals surface area contributed by atoms with Gasteiger partial charge >= 0.3 is 12.0 Å². The normalized spacial score (nSPS) is 11.4. The number of carbonyl (C=O) groups excluding carboxylic acids is 1. The van der Waals surface area contributed by atoms with Crippen molar-refractivity contribution in [3.05, 3.63) is 22.4 Å². The van der Waals surface area contributed by atoms with Crippen LogP contribution < -0.4 is 0 Å². The fourth-order valence-electron chi connectivity index (χ4n) is 0.753. The molecule has 1 rings (SSSR count). The molecule has 0 N–H and O–H groups in total. The molecule has 1 heterocycles. The molecule has 1 aromatic heterocycles. The smallest absolute Gasteiger partial charge is 0.352 e. The van der Waals surface area contributed by atoms with Gasteiger partial charge in [-0.05, 0) is 16.8 Å². The first-order valence-electron chi connectivity index (χ1n) is 3.71. The van der Waals surface area contributed by atoms with Crippen molar-refractivity contribution in [1.29, 1.82) is 0 Å². The van der Waals surface area contributed by atoms with Gasteiger partial charge in [0.1, 0.15) is 6.61 Å². The van der Waals surface area contributed by atoms with Gasteiger partial charge in [-0.25, -0.2) is 0 Å². The molecule has 0 aliphatic carbocycles. The van der Waals surface area contributed by atoms with E-state index in [-0.39, 0.29) is 12.7 Å². The monoisotopic (exact) mass is 288 g/mol. The zero-order valence-corrected chi connectivity index (χ0v) is 11.1. The number of carbonyl (C=O) groups is 1. The lowest BCUT2D eigenvalue weighted by molar-refractivity contribution is -0.142. The highest BCUT2D eigenvalue weighted by Gasteiger charge is 2.29. The van der Waals surface area contributed by atoms with Gasteiger partial charge in [0.2, 0.25) is 0 Å². The van der Waals surface area contributed by atoms with E-state index in [1.807, 2.05) is 16.8 Å². The number of ether oxygens (including phenoxy) is 1. The van der Waals surface area contributed by atoms with E-state index < -0.39 is 12.0 Å². The van der Waals surface area contributed by atoms with E-state index in [1.165, 1.54) is 0 Å². The third-order valence-electron chi connectivity index (χ3n) is 1.32. The number of hydrogen-bond donors (Lipinski definition) is 0. The highest BCUT2D eigenvalue weighted by atomic mass is 35.8. The van der Waals surface area contributed by atoms with Gasteiger partial charge in [-0.15, -0.1) is 33.2 Å². The molecule has 2 nitrogen and oxygen atoms in total. The van der Waals surface area contributed by atoms with Crippen molar-refractivity contribution in [3.8, 4) is 0 Å². The quantitative estimate of drug-likeness (QED) is 0.482. The average Bonchev–Trinajstić information content (AvgIpc) is 2.49. The largest absolute Gasteiger partial charge is 0.461 e. The Labute approximate surface area is 101 Å². The Hall–Kier alpha value is 0.257. The van der Waals surface area contributed by atoms with Crippen LogP contribution in [0.15, 0.2) is 16.8 Å². The van der Waals surface area contributed by atoms with Gasteiger partial charge in [0.05, 0.1) is 6.04 Å². The number of thiophene rings is 1. The second-order valence-electron chi connectivity index (χ2n) is 2.58. The molecule has 0 spiro atoms. The van der Waals surface area contributed by atoms with E-state index in [0.29, 0.717) is 0 Å². The van der Waals surface area contributed by atoms with Gasteiger partial charge in [0, 0.05) is 5.56 Å². The summed E-state index contributed by atoms with van der Waals surface area (Å²) in [6.07, 6.45) is 0. The number of rotatable bonds is 4. The first-order valence-corrected chi connectivity index (χ1v) is 9.89. The van der Waals surface area contributed by atoms with Crippen LogP contribution in [0.5, 0.6) is 0 Å². The molecule has 14 heavy (non-hydrogen) atoms. The van der Waals surface area contributed by atoms with Crippen LogP contribution in [0.4, 0.5) is 0 Å². The molecule has 0 unspecified atom stereocenters. The molecule has 0 radical (unpaired) electrons. The molecule has 7 heteroatoms. The molecule has 0 aliphatic heterocycles. The summed E-state index contributed by atoms with van der Waals surface area (Å²) in [4.78, 5) is 11.1. The zero-order valence-electron chi connectivity index (χ0n) is 7.00. The van der Waals surface area contributed by atoms with Gasteiger partial charge in [-0.1, -0.05) is 0 Å². The molecule has 0 fully saturated rings. The van der Waals surface area contributed by atoms with E-state index in [9.17, 15) is 4.79 Å². The maximum atomic E-state index is 11.1. The van der Waals surface area contributed by atoms with Crippen molar-refractivity contribution in [2.45, 2.75) is 12.7 Å². The molecular formula is C7H7Cl3O2SSi. The summed E-state index contributed by atoms with van der Waals surface area (Å²) in [5, 5.41) is 3.81.